The molecule has 0 atom stereocenters. The summed E-state index contributed by atoms with van der Waals surface area (Å²) in [6.45, 7) is 4.32. The van der Waals surface area contributed by atoms with Gasteiger partial charge in [0.25, 0.3) is 0 Å². The first kappa shape index (κ1) is 14.2. The highest BCUT2D eigenvalue weighted by atomic mass is 16.5. The first-order valence-corrected chi connectivity index (χ1v) is 6.20. The van der Waals surface area contributed by atoms with Gasteiger partial charge in [0.2, 0.25) is 5.88 Å². The van der Waals surface area contributed by atoms with E-state index >= 15 is 0 Å². The summed E-state index contributed by atoms with van der Waals surface area (Å²) >= 11 is 0. The number of hydrogen-bond donors (Lipinski definition) is 2. The highest BCUT2D eigenvalue weighted by molar-refractivity contribution is 5.40. The molecule has 0 fully saturated rings. The predicted molar refractivity (Wildman–Crippen MR) is 76.5 cm³/mol. The molecule has 0 aliphatic rings. The summed E-state index contributed by atoms with van der Waals surface area (Å²) in [5, 5.41) is 0. The van der Waals surface area contributed by atoms with Crippen molar-refractivity contribution in [3.63, 3.8) is 0 Å². The first-order chi connectivity index (χ1) is 9.60. The molecular formula is C14H18N4O2. The maximum atomic E-state index is 5.77. The van der Waals surface area contributed by atoms with Gasteiger partial charge in [-0.15, -0.1) is 0 Å². The van der Waals surface area contributed by atoms with Gasteiger partial charge in [-0.25, -0.2) is 10.8 Å². The summed E-state index contributed by atoms with van der Waals surface area (Å²) in [7, 11) is 1.58. The van der Waals surface area contributed by atoms with Crippen LogP contribution in [0.5, 0.6) is 11.6 Å². The fourth-order valence-corrected chi connectivity index (χ4v) is 1.91. The standard InChI is InChI=1S/C14H18N4O2/c1-9-4-10(2)6-11(5-9)20-14-7-12(18-15)16-13(17-14)8-19-3/h4-7H,8,15H2,1-3H3,(H,16,17,18). The lowest BCUT2D eigenvalue weighted by Gasteiger charge is -2.10. The third-order valence-corrected chi connectivity index (χ3v) is 2.59. The molecule has 3 N–H and O–H groups in total. The molecule has 0 amide bonds. The van der Waals surface area contributed by atoms with Crippen molar-refractivity contribution in [1.29, 1.82) is 0 Å². The van der Waals surface area contributed by atoms with Crippen LogP contribution < -0.4 is 16.0 Å². The molecule has 2 aromatic rings. The number of benzene rings is 1. The van der Waals surface area contributed by atoms with Crippen LogP contribution in [0, 0.1) is 13.8 Å². The van der Waals surface area contributed by atoms with Crippen molar-refractivity contribution >= 4 is 5.82 Å². The Kier molecular flexibility index (Phi) is 4.49. The minimum absolute atomic E-state index is 0.290. The SMILES string of the molecule is COCc1nc(NN)cc(Oc2cc(C)cc(C)c2)n1. The van der Waals surface area contributed by atoms with E-state index in [-0.39, 0.29) is 0 Å². The number of nitrogen functional groups attached to an aromatic ring is 1. The Balaban J connectivity index is 2.29. The molecular weight excluding hydrogens is 256 g/mol. The molecule has 0 aliphatic carbocycles. The molecule has 106 valence electrons. The fourth-order valence-electron chi connectivity index (χ4n) is 1.91. The average Bonchev–Trinajstić information content (AvgIpc) is 2.37. The Hall–Kier alpha value is -2.18. The molecule has 2 rings (SSSR count). The Labute approximate surface area is 117 Å². The molecule has 0 saturated heterocycles. The van der Waals surface area contributed by atoms with Gasteiger partial charge in [-0.2, -0.15) is 4.98 Å². The monoisotopic (exact) mass is 274 g/mol. The molecule has 1 aromatic heterocycles. The predicted octanol–water partition coefficient (Wildman–Crippen LogP) is 2.32. The topological polar surface area (TPSA) is 82.3 Å². The molecule has 0 unspecified atom stereocenters. The smallest absolute Gasteiger partial charge is 0.224 e. The quantitative estimate of drug-likeness (QED) is 0.643. The van der Waals surface area contributed by atoms with E-state index < -0.39 is 0 Å². The normalized spacial score (nSPS) is 10.4. The third-order valence-electron chi connectivity index (χ3n) is 2.59. The summed E-state index contributed by atoms with van der Waals surface area (Å²) in [6.07, 6.45) is 0. The van der Waals surface area contributed by atoms with Crippen molar-refractivity contribution in [2.75, 3.05) is 12.5 Å². The summed E-state index contributed by atoms with van der Waals surface area (Å²) in [6, 6.07) is 7.61. The van der Waals surface area contributed by atoms with Gasteiger partial charge in [-0.05, 0) is 37.1 Å². The van der Waals surface area contributed by atoms with Gasteiger partial charge in [-0.1, -0.05) is 6.07 Å². The zero-order valence-corrected chi connectivity index (χ0v) is 11.8. The lowest BCUT2D eigenvalue weighted by atomic mass is 10.1. The van der Waals surface area contributed by atoms with E-state index in [2.05, 4.69) is 21.5 Å². The maximum Gasteiger partial charge on any atom is 0.224 e. The number of aryl methyl sites for hydroxylation is 2. The third kappa shape index (κ3) is 3.66. The molecule has 0 spiro atoms. The first-order valence-electron chi connectivity index (χ1n) is 6.20. The van der Waals surface area contributed by atoms with Crippen LogP contribution >= 0.6 is 0 Å². The Morgan fingerprint density at radius 1 is 1.10 bits per heavy atom. The number of ether oxygens (including phenoxy) is 2. The number of hydrazine groups is 1. The van der Waals surface area contributed by atoms with E-state index in [0.717, 1.165) is 16.9 Å². The largest absolute Gasteiger partial charge is 0.439 e. The minimum Gasteiger partial charge on any atom is -0.439 e. The molecule has 0 aliphatic heterocycles. The van der Waals surface area contributed by atoms with Crippen molar-refractivity contribution in [2.24, 2.45) is 5.84 Å². The zero-order chi connectivity index (χ0) is 14.5. The number of anilines is 1. The van der Waals surface area contributed by atoms with Gasteiger partial charge in [0.1, 0.15) is 18.2 Å². The van der Waals surface area contributed by atoms with Crippen LogP contribution in [-0.2, 0) is 11.3 Å². The Morgan fingerprint density at radius 2 is 1.80 bits per heavy atom. The fraction of sp³-hybridized carbons (Fsp3) is 0.286. The van der Waals surface area contributed by atoms with Crippen LogP contribution in [0.3, 0.4) is 0 Å². The second-order valence-corrected chi connectivity index (χ2v) is 4.51. The molecule has 1 aromatic carbocycles. The number of rotatable bonds is 5. The van der Waals surface area contributed by atoms with E-state index in [9.17, 15) is 0 Å². The van der Waals surface area contributed by atoms with Crippen LogP contribution in [0.2, 0.25) is 0 Å². The van der Waals surface area contributed by atoms with E-state index in [1.807, 2.05) is 26.0 Å². The molecule has 1 heterocycles. The van der Waals surface area contributed by atoms with Crippen molar-refractivity contribution in [2.45, 2.75) is 20.5 Å². The number of nitrogens with zero attached hydrogens (tertiary/aromatic N) is 2. The molecule has 6 nitrogen and oxygen atoms in total. The van der Waals surface area contributed by atoms with Gasteiger partial charge in [0, 0.05) is 13.2 Å². The lowest BCUT2D eigenvalue weighted by Crippen LogP contribution is -2.11. The second kappa shape index (κ2) is 6.31. The Bertz CT molecular complexity index is 581. The zero-order valence-electron chi connectivity index (χ0n) is 11.8. The lowest BCUT2D eigenvalue weighted by molar-refractivity contribution is 0.177. The second-order valence-electron chi connectivity index (χ2n) is 4.51. The highest BCUT2D eigenvalue weighted by Gasteiger charge is 2.07. The minimum atomic E-state index is 0.290. The summed E-state index contributed by atoms with van der Waals surface area (Å²) < 4.78 is 10.8. The summed E-state index contributed by atoms with van der Waals surface area (Å²) in [4.78, 5) is 8.44. The molecule has 6 heteroatoms. The van der Waals surface area contributed by atoms with Crippen LogP contribution in [0.1, 0.15) is 17.0 Å². The van der Waals surface area contributed by atoms with Gasteiger partial charge in [0.05, 0.1) is 0 Å². The van der Waals surface area contributed by atoms with Crippen LogP contribution in [-0.4, -0.2) is 17.1 Å². The summed E-state index contributed by atoms with van der Waals surface area (Å²) in [5.41, 5.74) is 4.74. The summed E-state index contributed by atoms with van der Waals surface area (Å²) in [5.74, 6) is 7.52. The van der Waals surface area contributed by atoms with Gasteiger partial charge in [0.15, 0.2) is 5.82 Å². The van der Waals surface area contributed by atoms with Gasteiger partial charge in [-0.3, -0.25) is 0 Å². The Morgan fingerprint density at radius 3 is 2.40 bits per heavy atom. The molecule has 0 saturated carbocycles. The molecule has 20 heavy (non-hydrogen) atoms. The van der Waals surface area contributed by atoms with Crippen LogP contribution in [0.4, 0.5) is 5.82 Å². The number of nitrogens with one attached hydrogen (secondary N) is 1. The number of hydrogen-bond acceptors (Lipinski definition) is 6. The van der Waals surface area contributed by atoms with Gasteiger partial charge < -0.3 is 14.9 Å². The van der Waals surface area contributed by atoms with Crippen LogP contribution in [0.15, 0.2) is 24.3 Å². The highest BCUT2D eigenvalue weighted by Crippen LogP contribution is 2.23. The van der Waals surface area contributed by atoms with E-state index in [1.54, 1.807) is 13.2 Å². The van der Waals surface area contributed by atoms with Crippen molar-refractivity contribution in [1.82, 2.24) is 9.97 Å². The molecule has 0 bridgehead atoms. The van der Waals surface area contributed by atoms with Crippen molar-refractivity contribution in [3.05, 3.63) is 41.2 Å². The van der Waals surface area contributed by atoms with E-state index in [4.69, 9.17) is 15.3 Å². The number of nitrogens with two attached hydrogens (primary N) is 1. The number of aromatic nitrogens is 2. The van der Waals surface area contributed by atoms with Gasteiger partial charge >= 0.3 is 0 Å². The van der Waals surface area contributed by atoms with Crippen LogP contribution in [0.25, 0.3) is 0 Å². The van der Waals surface area contributed by atoms with E-state index in [1.165, 1.54) is 0 Å². The van der Waals surface area contributed by atoms with Crippen molar-refractivity contribution < 1.29 is 9.47 Å². The molecule has 0 radical (unpaired) electrons. The average molecular weight is 274 g/mol. The maximum absolute atomic E-state index is 5.77. The van der Waals surface area contributed by atoms with Crippen molar-refractivity contribution in [3.8, 4) is 11.6 Å². The van der Waals surface area contributed by atoms with E-state index in [0.29, 0.717) is 24.1 Å². The number of methoxy groups -OCH3 is 1.